The topological polar surface area (TPSA) is 64.5 Å². The number of rotatable bonds is 4. The summed E-state index contributed by atoms with van der Waals surface area (Å²) in [4.78, 5) is 22.0. The average molecular weight is 251 g/mol. The van der Waals surface area contributed by atoms with Crippen LogP contribution in [0.1, 0.15) is 19.8 Å². The van der Waals surface area contributed by atoms with Crippen LogP contribution in [0.4, 0.5) is 5.95 Å². The third kappa shape index (κ3) is 2.52. The number of anilines is 1. The summed E-state index contributed by atoms with van der Waals surface area (Å²) in [7, 11) is 1.40. The quantitative estimate of drug-likeness (QED) is 0.744. The van der Waals surface area contributed by atoms with E-state index >= 15 is 0 Å². The number of hydrogen-bond acceptors (Lipinski definition) is 6. The van der Waals surface area contributed by atoms with Gasteiger partial charge in [-0.15, -0.1) is 0 Å². The van der Waals surface area contributed by atoms with Gasteiger partial charge in [0.15, 0.2) is 0 Å². The Kier molecular flexibility index (Phi) is 3.96. The molecule has 0 amide bonds. The maximum Gasteiger partial charge on any atom is 0.328 e. The lowest BCUT2D eigenvalue weighted by Gasteiger charge is -2.22. The number of aromatic nitrogens is 2. The minimum Gasteiger partial charge on any atom is -0.478 e. The van der Waals surface area contributed by atoms with E-state index < -0.39 is 0 Å². The molecule has 1 aliphatic heterocycles. The molecule has 0 spiro atoms. The van der Waals surface area contributed by atoms with Gasteiger partial charge in [-0.2, -0.15) is 4.98 Å². The predicted octanol–water partition coefficient (Wildman–Crippen LogP) is 1.02. The lowest BCUT2D eigenvalue weighted by atomic mass is 10.2. The van der Waals surface area contributed by atoms with E-state index in [9.17, 15) is 4.79 Å². The van der Waals surface area contributed by atoms with Gasteiger partial charge in [0.1, 0.15) is 6.04 Å². The summed E-state index contributed by atoms with van der Waals surface area (Å²) < 4.78 is 10.1. The number of methoxy groups -OCH3 is 1. The highest BCUT2D eigenvalue weighted by molar-refractivity contribution is 5.79. The van der Waals surface area contributed by atoms with Gasteiger partial charge in [0, 0.05) is 18.8 Å². The molecule has 1 saturated heterocycles. The van der Waals surface area contributed by atoms with Gasteiger partial charge in [0.2, 0.25) is 11.8 Å². The Morgan fingerprint density at radius 2 is 2.44 bits per heavy atom. The van der Waals surface area contributed by atoms with E-state index in [0.29, 0.717) is 18.4 Å². The van der Waals surface area contributed by atoms with Crippen molar-refractivity contribution in [2.24, 2.45) is 0 Å². The molecule has 0 N–H and O–H groups in total. The van der Waals surface area contributed by atoms with Crippen molar-refractivity contribution in [2.45, 2.75) is 25.8 Å². The first-order valence-electron chi connectivity index (χ1n) is 6.06. The van der Waals surface area contributed by atoms with Crippen LogP contribution in [0.25, 0.3) is 0 Å². The van der Waals surface area contributed by atoms with Crippen molar-refractivity contribution >= 4 is 11.9 Å². The van der Waals surface area contributed by atoms with Crippen molar-refractivity contribution in [1.29, 1.82) is 0 Å². The SMILES string of the molecule is CCOc1ccnc(N2CCCC2C(=O)OC)n1. The number of nitrogens with zero attached hydrogens (tertiary/aromatic N) is 3. The lowest BCUT2D eigenvalue weighted by Crippen LogP contribution is -2.37. The van der Waals surface area contributed by atoms with Gasteiger partial charge >= 0.3 is 5.97 Å². The Labute approximate surface area is 106 Å². The number of ether oxygens (including phenoxy) is 2. The van der Waals surface area contributed by atoms with Crippen molar-refractivity contribution in [3.63, 3.8) is 0 Å². The Morgan fingerprint density at radius 1 is 1.61 bits per heavy atom. The van der Waals surface area contributed by atoms with E-state index in [0.717, 1.165) is 19.4 Å². The molecule has 1 atom stereocenters. The molecule has 1 aromatic heterocycles. The van der Waals surface area contributed by atoms with Gasteiger partial charge in [0.05, 0.1) is 13.7 Å². The van der Waals surface area contributed by atoms with Gasteiger partial charge in [-0.1, -0.05) is 0 Å². The number of carbonyl (C=O) groups excluding carboxylic acids is 1. The van der Waals surface area contributed by atoms with E-state index in [1.54, 1.807) is 12.3 Å². The van der Waals surface area contributed by atoms with Crippen LogP contribution in [-0.4, -0.2) is 42.2 Å². The van der Waals surface area contributed by atoms with Gasteiger partial charge in [-0.25, -0.2) is 9.78 Å². The summed E-state index contributed by atoms with van der Waals surface area (Å²) in [6.07, 6.45) is 3.34. The predicted molar refractivity (Wildman–Crippen MR) is 65.6 cm³/mol. The second-order valence-electron chi connectivity index (χ2n) is 4.00. The van der Waals surface area contributed by atoms with Crippen molar-refractivity contribution in [3.05, 3.63) is 12.3 Å². The summed E-state index contributed by atoms with van der Waals surface area (Å²) in [5.41, 5.74) is 0. The third-order valence-electron chi connectivity index (χ3n) is 2.89. The Morgan fingerprint density at radius 3 is 3.17 bits per heavy atom. The zero-order valence-electron chi connectivity index (χ0n) is 10.6. The number of carbonyl (C=O) groups is 1. The van der Waals surface area contributed by atoms with Crippen LogP contribution >= 0.6 is 0 Å². The molecular weight excluding hydrogens is 234 g/mol. The van der Waals surface area contributed by atoms with Gasteiger partial charge < -0.3 is 14.4 Å². The standard InChI is InChI=1S/C12H17N3O3/c1-3-18-10-6-7-13-12(14-10)15-8-4-5-9(15)11(16)17-2/h6-7,9H,3-5,8H2,1-2H3. The fraction of sp³-hybridized carbons (Fsp3) is 0.583. The monoisotopic (exact) mass is 251 g/mol. The maximum atomic E-state index is 11.7. The molecule has 0 radical (unpaired) electrons. The molecule has 1 fully saturated rings. The molecule has 1 aromatic rings. The average Bonchev–Trinajstić information content (AvgIpc) is 2.88. The van der Waals surface area contributed by atoms with Crippen molar-refractivity contribution in [2.75, 3.05) is 25.2 Å². The summed E-state index contributed by atoms with van der Waals surface area (Å²) >= 11 is 0. The molecule has 2 rings (SSSR count). The molecule has 1 unspecified atom stereocenters. The molecule has 6 heteroatoms. The van der Waals surface area contributed by atoms with Gasteiger partial charge in [0.25, 0.3) is 0 Å². The smallest absolute Gasteiger partial charge is 0.328 e. The first-order chi connectivity index (χ1) is 8.76. The fourth-order valence-electron chi connectivity index (χ4n) is 2.09. The zero-order chi connectivity index (χ0) is 13.0. The van der Waals surface area contributed by atoms with Crippen LogP contribution in [0.3, 0.4) is 0 Å². The van der Waals surface area contributed by atoms with E-state index in [2.05, 4.69) is 9.97 Å². The highest BCUT2D eigenvalue weighted by Gasteiger charge is 2.33. The first kappa shape index (κ1) is 12.6. The van der Waals surface area contributed by atoms with Gasteiger partial charge in [-0.05, 0) is 19.8 Å². The molecule has 0 aliphatic carbocycles. The molecule has 0 bridgehead atoms. The van der Waals surface area contributed by atoms with E-state index in [-0.39, 0.29) is 12.0 Å². The van der Waals surface area contributed by atoms with Crippen LogP contribution in [0.5, 0.6) is 5.88 Å². The molecule has 18 heavy (non-hydrogen) atoms. The maximum absolute atomic E-state index is 11.7. The van der Waals surface area contributed by atoms with Crippen molar-refractivity contribution in [3.8, 4) is 5.88 Å². The van der Waals surface area contributed by atoms with Crippen LogP contribution in [0.2, 0.25) is 0 Å². The molecule has 1 aliphatic rings. The minimum atomic E-state index is -0.285. The normalized spacial score (nSPS) is 18.8. The molecule has 2 heterocycles. The van der Waals surface area contributed by atoms with Crippen molar-refractivity contribution in [1.82, 2.24) is 9.97 Å². The second-order valence-corrected chi connectivity index (χ2v) is 4.00. The van der Waals surface area contributed by atoms with Crippen LogP contribution in [-0.2, 0) is 9.53 Å². The second kappa shape index (κ2) is 5.66. The third-order valence-corrected chi connectivity index (χ3v) is 2.89. The molecular formula is C12H17N3O3. The largest absolute Gasteiger partial charge is 0.478 e. The molecule has 0 saturated carbocycles. The van der Waals surface area contributed by atoms with Crippen molar-refractivity contribution < 1.29 is 14.3 Å². The van der Waals surface area contributed by atoms with E-state index in [1.807, 2.05) is 11.8 Å². The number of hydrogen-bond donors (Lipinski definition) is 0. The Hall–Kier alpha value is -1.85. The summed E-state index contributed by atoms with van der Waals surface area (Å²) in [5, 5.41) is 0. The molecule has 98 valence electrons. The summed E-state index contributed by atoms with van der Waals surface area (Å²) in [6, 6.07) is 1.42. The highest BCUT2D eigenvalue weighted by atomic mass is 16.5. The highest BCUT2D eigenvalue weighted by Crippen LogP contribution is 2.24. The van der Waals surface area contributed by atoms with Crippen LogP contribution in [0, 0.1) is 0 Å². The molecule has 6 nitrogen and oxygen atoms in total. The Balaban J connectivity index is 2.19. The zero-order valence-corrected chi connectivity index (χ0v) is 10.6. The van der Waals surface area contributed by atoms with Crippen LogP contribution < -0.4 is 9.64 Å². The number of esters is 1. The Bertz CT molecular complexity index is 425. The lowest BCUT2D eigenvalue weighted by molar-refractivity contribution is -0.141. The van der Waals surface area contributed by atoms with E-state index in [4.69, 9.17) is 9.47 Å². The summed E-state index contributed by atoms with van der Waals surface area (Å²) in [5.74, 6) is 0.810. The fourth-order valence-corrected chi connectivity index (χ4v) is 2.09. The summed E-state index contributed by atoms with van der Waals surface area (Å²) in [6.45, 7) is 3.21. The minimum absolute atomic E-state index is 0.238. The van der Waals surface area contributed by atoms with E-state index in [1.165, 1.54) is 7.11 Å². The molecule has 0 aromatic carbocycles. The first-order valence-corrected chi connectivity index (χ1v) is 6.06. The van der Waals surface area contributed by atoms with Crippen LogP contribution in [0.15, 0.2) is 12.3 Å². The van der Waals surface area contributed by atoms with Gasteiger partial charge in [-0.3, -0.25) is 0 Å².